The van der Waals surface area contributed by atoms with Crippen molar-refractivity contribution in [3.05, 3.63) is 52.7 Å². The molecule has 1 N–H and O–H groups in total. The summed E-state index contributed by atoms with van der Waals surface area (Å²) in [7, 11) is 0. The number of aryl methyl sites for hydroxylation is 2. The molecule has 0 saturated heterocycles. The van der Waals surface area contributed by atoms with E-state index >= 15 is 0 Å². The fourth-order valence-electron chi connectivity index (χ4n) is 3.17. The maximum absolute atomic E-state index is 13.0. The van der Waals surface area contributed by atoms with Gasteiger partial charge in [-0.25, -0.2) is 4.98 Å². The lowest BCUT2D eigenvalue weighted by atomic mass is 10.0. The van der Waals surface area contributed by atoms with E-state index in [4.69, 9.17) is 0 Å². The molecule has 1 aliphatic carbocycles. The second-order valence-corrected chi connectivity index (χ2v) is 6.69. The van der Waals surface area contributed by atoms with E-state index in [1.54, 1.807) is 29.2 Å². The summed E-state index contributed by atoms with van der Waals surface area (Å²) in [5, 5.41) is 3.70. The highest BCUT2D eigenvalue weighted by atomic mass is 16.2. The van der Waals surface area contributed by atoms with Crippen LogP contribution in [0.25, 0.3) is 22.0 Å². The van der Waals surface area contributed by atoms with E-state index in [1.807, 2.05) is 26.0 Å². The predicted molar refractivity (Wildman–Crippen MR) is 101 cm³/mol. The number of nitrogens with zero attached hydrogens (tertiary/aromatic N) is 3. The molecule has 1 aliphatic rings. The Bertz CT molecular complexity index is 1070. The van der Waals surface area contributed by atoms with Crippen LogP contribution < -0.4 is 10.9 Å². The molecule has 3 aromatic rings. The summed E-state index contributed by atoms with van der Waals surface area (Å²) in [5.74, 6) is 0.600. The lowest BCUT2D eigenvalue weighted by molar-refractivity contribution is -0.117. The van der Waals surface area contributed by atoms with Gasteiger partial charge in [0.2, 0.25) is 5.91 Å². The average Bonchev–Trinajstić information content (AvgIpc) is 3.47. The Balaban J connectivity index is 1.85. The molecule has 1 saturated carbocycles. The average molecular weight is 348 g/mol. The maximum Gasteiger partial charge on any atom is 0.258 e. The Labute approximate surface area is 150 Å². The monoisotopic (exact) mass is 348 g/mol. The molecule has 26 heavy (non-hydrogen) atoms. The summed E-state index contributed by atoms with van der Waals surface area (Å²) >= 11 is 0. The highest BCUT2D eigenvalue weighted by Gasteiger charge is 2.29. The smallest absolute Gasteiger partial charge is 0.258 e. The van der Waals surface area contributed by atoms with Crippen LogP contribution in [0.1, 0.15) is 25.3 Å². The first-order valence-corrected chi connectivity index (χ1v) is 8.84. The van der Waals surface area contributed by atoms with Crippen molar-refractivity contribution in [1.29, 1.82) is 0 Å². The molecule has 1 amide bonds. The van der Waals surface area contributed by atoms with Crippen molar-refractivity contribution < 1.29 is 4.79 Å². The van der Waals surface area contributed by atoms with Gasteiger partial charge < -0.3 is 9.88 Å². The van der Waals surface area contributed by atoms with Crippen molar-refractivity contribution in [2.75, 3.05) is 5.32 Å². The van der Waals surface area contributed by atoms with E-state index in [0.717, 1.165) is 34.9 Å². The van der Waals surface area contributed by atoms with Crippen LogP contribution in [0.15, 0.2) is 41.6 Å². The van der Waals surface area contributed by atoms with Gasteiger partial charge in [0.25, 0.3) is 5.56 Å². The van der Waals surface area contributed by atoms with Gasteiger partial charge in [-0.15, -0.1) is 0 Å². The first-order chi connectivity index (χ1) is 12.6. The molecule has 0 unspecified atom stereocenters. The highest BCUT2D eigenvalue weighted by Crippen LogP contribution is 2.30. The number of rotatable bonds is 4. The molecule has 0 aromatic carbocycles. The molecule has 0 aliphatic heterocycles. The molecular formula is C20H20N4O2. The Morgan fingerprint density at radius 2 is 2.08 bits per heavy atom. The van der Waals surface area contributed by atoms with Gasteiger partial charge in [0.1, 0.15) is 5.82 Å². The third kappa shape index (κ3) is 2.87. The van der Waals surface area contributed by atoms with Crippen LogP contribution in [0.3, 0.4) is 0 Å². The van der Waals surface area contributed by atoms with E-state index in [0.29, 0.717) is 17.9 Å². The lowest BCUT2D eigenvalue weighted by Gasteiger charge is -2.13. The number of carbonyl (C=O) groups is 1. The second-order valence-electron chi connectivity index (χ2n) is 6.69. The van der Waals surface area contributed by atoms with E-state index in [2.05, 4.69) is 15.3 Å². The van der Waals surface area contributed by atoms with Gasteiger partial charge in [0.05, 0.1) is 5.52 Å². The first-order valence-electron chi connectivity index (χ1n) is 8.84. The molecule has 1 fully saturated rings. The third-order valence-electron chi connectivity index (χ3n) is 4.82. The molecule has 3 aromatic heterocycles. The van der Waals surface area contributed by atoms with Crippen LogP contribution in [0, 0.1) is 12.8 Å². The molecule has 6 nitrogen and oxygen atoms in total. The second kappa shape index (κ2) is 6.37. The van der Waals surface area contributed by atoms with Crippen LogP contribution in [0.2, 0.25) is 0 Å². The SMILES string of the molecule is CCn1c(=O)c(-c2cnccc2C)cc2cnc(NC(=O)C3CC3)cc21. The number of aromatic nitrogens is 3. The number of nitrogens with one attached hydrogen (secondary N) is 1. The van der Waals surface area contributed by atoms with Gasteiger partial charge in [-0.05, 0) is 44.4 Å². The number of pyridine rings is 3. The van der Waals surface area contributed by atoms with Crippen LogP contribution >= 0.6 is 0 Å². The zero-order valence-corrected chi connectivity index (χ0v) is 14.8. The first kappa shape index (κ1) is 16.4. The topological polar surface area (TPSA) is 76.9 Å². The van der Waals surface area contributed by atoms with Crippen LogP contribution in [0.4, 0.5) is 5.82 Å². The Morgan fingerprint density at radius 3 is 2.77 bits per heavy atom. The molecule has 3 heterocycles. The Kier molecular flexibility index (Phi) is 4.03. The van der Waals surface area contributed by atoms with Gasteiger partial charge in [-0.2, -0.15) is 0 Å². The van der Waals surface area contributed by atoms with Gasteiger partial charge in [0.15, 0.2) is 0 Å². The number of amides is 1. The number of anilines is 1. The lowest BCUT2D eigenvalue weighted by Crippen LogP contribution is -2.22. The fourth-order valence-corrected chi connectivity index (χ4v) is 3.17. The van der Waals surface area contributed by atoms with Gasteiger partial charge in [0, 0.05) is 53.6 Å². The van der Waals surface area contributed by atoms with Gasteiger partial charge in [-0.1, -0.05) is 0 Å². The molecule has 4 rings (SSSR count). The largest absolute Gasteiger partial charge is 0.310 e. The summed E-state index contributed by atoms with van der Waals surface area (Å²) in [6, 6.07) is 5.53. The van der Waals surface area contributed by atoms with Crippen LogP contribution in [0.5, 0.6) is 0 Å². The minimum absolute atomic E-state index is 0.00449. The minimum Gasteiger partial charge on any atom is -0.310 e. The molecule has 0 spiro atoms. The number of hydrogen-bond acceptors (Lipinski definition) is 4. The van der Waals surface area contributed by atoms with E-state index in [1.165, 1.54) is 0 Å². The summed E-state index contributed by atoms with van der Waals surface area (Å²) in [5.41, 5.74) is 3.14. The van der Waals surface area contributed by atoms with Crippen molar-refractivity contribution in [3.63, 3.8) is 0 Å². The van der Waals surface area contributed by atoms with Crippen molar-refractivity contribution in [1.82, 2.24) is 14.5 Å². The third-order valence-corrected chi connectivity index (χ3v) is 4.82. The highest BCUT2D eigenvalue weighted by molar-refractivity contribution is 5.95. The standard InChI is InChI=1S/C20H20N4O2/c1-3-24-17-9-18(23-19(25)13-4-5-13)22-10-14(17)8-15(20(24)26)16-11-21-7-6-12(16)2/h6-11,13H,3-5H2,1-2H3,(H,22,23,25). The summed E-state index contributed by atoms with van der Waals surface area (Å²) in [4.78, 5) is 33.5. The maximum atomic E-state index is 13.0. The Morgan fingerprint density at radius 1 is 1.27 bits per heavy atom. The molecule has 0 bridgehead atoms. The molecule has 0 atom stereocenters. The quantitative estimate of drug-likeness (QED) is 0.786. The summed E-state index contributed by atoms with van der Waals surface area (Å²) in [6.07, 6.45) is 7.02. The number of carbonyl (C=O) groups excluding carboxylic acids is 1. The van der Waals surface area contributed by atoms with Crippen molar-refractivity contribution in [2.45, 2.75) is 33.2 Å². The van der Waals surface area contributed by atoms with Gasteiger partial charge in [-0.3, -0.25) is 14.6 Å². The van der Waals surface area contributed by atoms with Crippen LogP contribution in [-0.4, -0.2) is 20.4 Å². The molecular weight excluding hydrogens is 328 g/mol. The molecule has 6 heteroatoms. The van der Waals surface area contributed by atoms with Crippen molar-refractivity contribution in [3.8, 4) is 11.1 Å². The molecule has 0 radical (unpaired) electrons. The Hall–Kier alpha value is -3.02. The van der Waals surface area contributed by atoms with Crippen molar-refractivity contribution in [2.24, 2.45) is 5.92 Å². The number of fused-ring (bicyclic) bond motifs is 1. The summed E-state index contributed by atoms with van der Waals surface area (Å²) < 4.78 is 1.71. The zero-order valence-electron chi connectivity index (χ0n) is 14.8. The predicted octanol–water partition coefficient (Wildman–Crippen LogP) is 3.14. The molecule has 132 valence electrons. The number of hydrogen-bond donors (Lipinski definition) is 1. The van der Waals surface area contributed by atoms with Crippen molar-refractivity contribution >= 4 is 22.6 Å². The zero-order chi connectivity index (χ0) is 18.3. The fraction of sp³-hybridized carbons (Fsp3) is 0.300. The van der Waals surface area contributed by atoms with Gasteiger partial charge >= 0.3 is 0 Å². The van der Waals surface area contributed by atoms with E-state index < -0.39 is 0 Å². The normalized spacial score (nSPS) is 13.8. The van der Waals surface area contributed by atoms with E-state index in [9.17, 15) is 9.59 Å². The minimum atomic E-state index is -0.0678. The van der Waals surface area contributed by atoms with E-state index in [-0.39, 0.29) is 17.4 Å². The van der Waals surface area contributed by atoms with Crippen LogP contribution in [-0.2, 0) is 11.3 Å². The summed E-state index contributed by atoms with van der Waals surface area (Å²) in [6.45, 7) is 4.43.